The van der Waals surface area contributed by atoms with E-state index in [1.807, 2.05) is 12.1 Å². The summed E-state index contributed by atoms with van der Waals surface area (Å²) in [4.78, 5) is 11.4. The second-order valence-electron chi connectivity index (χ2n) is 4.11. The van der Waals surface area contributed by atoms with E-state index in [-0.39, 0.29) is 5.91 Å². The molecule has 1 aromatic carbocycles. The van der Waals surface area contributed by atoms with Gasteiger partial charge in [-0.25, -0.2) is 0 Å². The summed E-state index contributed by atoms with van der Waals surface area (Å²) in [5, 5.41) is 5.99. The molecule has 0 spiro atoms. The molecule has 0 unspecified atom stereocenters. The first-order valence-corrected chi connectivity index (χ1v) is 6.35. The summed E-state index contributed by atoms with van der Waals surface area (Å²) in [7, 11) is 0. The van der Waals surface area contributed by atoms with Crippen molar-refractivity contribution in [2.45, 2.75) is 33.1 Å². The van der Waals surface area contributed by atoms with Gasteiger partial charge in [0.05, 0.1) is 6.54 Å². The SMILES string of the molecule is CCCCNC(=O)CNc1ccc(CC)cc1. The number of nitrogens with one attached hydrogen (secondary N) is 2. The molecule has 0 aromatic heterocycles. The van der Waals surface area contributed by atoms with Crippen LogP contribution in [0.4, 0.5) is 5.69 Å². The highest BCUT2D eigenvalue weighted by atomic mass is 16.1. The van der Waals surface area contributed by atoms with Crippen LogP contribution in [0.3, 0.4) is 0 Å². The van der Waals surface area contributed by atoms with Crippen LogP contribution in [0.15, 0.2) is 24.3 Å². The smallest absolute Gasteiger partial charge is 0.239 e. The molecular formula is C14H22N2O. The van der Waals surface area contributed by atoms with Crippen LogP contribution in [0, 0.1) is 0 Å². The zero-order valence-electron chi connectivity index (χ0n) is 10.8. The average molecular weight is 234 g/mol. The Bertz CT molecular complexity index is 333. The molecule has 1 rings (SSSR count). The normalized spacial score (nSPS) is 10.0. The minimum absolute atomic E-state index is 0.0537. The van der Waals surface area contributed by atoms with Crippen LogP contribution in [-0.4, -0.2) is 19.0 Å². The van der Waals surface area contributed by atoms with Gasteiger partial charge in [-0.1, -0.05) is 32.4 Å². The molecule has 0 bridgehead atoms. The fourth-order valence-electron chi connectivity index (χ4n) is 1.51. The van der Waals surface area contributed by atoms with Crippen LogP contribution >= 0.6 is 0 Å². The highest BCUT2D eigenvalue weighted by Gasteiger charge is 1.99. The Labute approximate surface area is 104 Å². The third-order valence-corrected chi connectivity index (χ3v) is 2.67. The van der Waals surface area contributed by atoms with Crippen LogP contribution in [-0.2, 0) is 11.2 Å². The number of anilines is 1. The number of carbonyl (C=O) groups is 1. The Morgan fingerprint density at radius 1 is 1.18 bits per heavy atom. The molecule has 0 saturated heterocycles. The zero-order valence-corrected chi connectivity index (χ0v) is 10.8. The Balaban J connectivity index is 2.27. The van der Waals surface area contributed by atoms with Crippen LogP contribution < -0.4 is 10.6 Å². The lowest BCUT2D eigenvalue weighted by Crippen LogP contribution is -2.30. The number of amides is 1. The van der Waals surface area contributed by atoms with Crippen molar-refractivity contribution in [1.29, 1.82) is 0 Å². The van der Waals surface area contributed by atoms with E-state index in [0.717, 1.165) is 31.5 Å². The Hall–Kier alpha value is -1.51. The van der Waals surface area contributed by atoms with Crippen molar-refractivity contribution in [3.63, 3.8) is 0 Å². The number of carbonyl (C=O) groups excluding carboxylic acids is 1. The van der Waals surface area contributed by atoms with E-state index in [0.29, 0.717) is 6.54 Å². The summed E-state index contributed by atoms with van der Waals surface area (Å²) in [5.74, 6) is 0.0537. The maximum absolute atomic E-state index is 11.4. The molecule has 0 aliphatic rings. The van der Waals surface area contributed by atoms with Crippen molar-refractivity contribution in [3.8, 4) is 0 Å². The van der Waals surface area contributed by atoms with Crippen molar-refractivity contribution < 1.29 is 4.79 Å². The summed E-state index contributed by atoms with van der Waals surface area (Å²) in [6, 6.07) is 8.19. The van der Waals surface area contributed by atoms with Gasteiger partial charge in [0.2, 0.25) is 5.91 Å². The Morgan fingerprint density at radius 3 is 2.47 bits per heavy atom. The minimum Gasteiger partial charge on any atom is -0.376 e. The standard InChI is InChI=1S/C14H22N2O/c1-3-5-10-15-14(17)11-16-13-8-6-12(4-2)7-9-13/h6-9,16H,3-5,10-11H2,1-2H3,(H,15,17). The van der Waals surface area contributed by atoms with E-state index >= 15 is 0 Å². The summed E-state index contributed by atoms with van der Waals surface area (Å²) < 4.78 is 0. The molecule has 3 heteroatoms. The third-order valence-electron chi connectivity index (χ3n) is 2.67. The Morgan fingerprint density at radius 2 is 1.88 bits per heavy atom. The van der Waals surface area contributed by atoms with Gasteiger partial charge in [-0.05, 0) is 30.5 Å². The van der Waals surface area contributed by atoms with Crippen LogP contribution in [0.2, 0.25) is 0 Å². The van der Waals surface area contributed by atoms with Gasteiger partial charge in [-0.15, -0.1) is 0 Å². The van der Waals surface area contributed by atoms with Gasteiger partial charge in [0.15, 0.2) is 0 Å². The van der Waals surface area contributed by atoms with Gasteiger partial charge < -0.3 is 10.6 Å². The van der Waals surface area contributed by atoms with Gasteiger partial charge in [0, 0.05) is 12.2 Å². The van der Waals surface area contributed by atoms with Crippen molar-refractivity contribution in [2.75, 3.05) is 18.4 Å². The van der Waals surface area contributed by atoms with E-state index in [9.17, 15) is 4.79 Å². The largest absolute Gasteiger partial charge is 0.376 e. The maximum atomic E-state index is 11.4. The second-order valence-corrected chi connectivity index (χ2v) is 4.11. The number of rotatable bonds is 7. The molecule has 1 amide bonds. The van der Waals surface area contributed by atoms with Crippen molar-refractivity contribution in [1.82, 2.24) is 5.32 Å². The molecule has 94 valence electrons. The molecule has 0 aliphatic carbocycles. The predicted octanol–water partition coefficient (Wildman–Crippen LogP) is 2.58. The van der Waals surface area contributed by atoms with Crippen molar-refractivity contribution in [3.05, 3.63) is 29.8 Å². The van der Waals surface area contributed by atoms with Crippen LogP contribution in [0.5, 0.6) is 0 Å². The molecule has 0 saturated carbocycles. The summed E-state index contributed by atoms with van der Waals surface area (Å²) in [6.45, 7) is 5.35. The molecule has 17 heavy (non-hydrogen) atoms. The second kappa shape index (κ2) is 7.71. The lowest BCUT2D eigenvalue weighted by atomic mass is 10.1. The third kappa shape index (κ3) is 5.38. The van der Waals surface area contributed by atoms with Gasteiger partial charge in [-0.2, -0.15) is 0 Å². The molecule has 0 aliphatic heterocycles. The van der Waals surface area contributed by atoms with Crippen molar-refractivity contribution in [2.24, 2.45) is 0 Å². The summed E-state index contributed by atoms with van der Waals surface area (Å²) in [5.41, 5.74) is 2.30. The average Bonchev–Trinajstić information content (AvgIpc) is 2.37. The summed E-state index contributed by atoms with van der Waals surface area (Å²) in [6.07, 6.45) is 3.18. The molecule has 3 nitrogen and oxygen atoms in total. The minimum atomic E-state index is 0.0537. The lowest BCUT2D eigenvalue weighted by molar-refractivity contribution is -0.119. The molecular weight excluding hydrogens is 212 g/mol. The van der Waals surface area contributed by atoms with Crippen LogP contribution in [0.1, 0.15) is 32.3 Å². The van der Waals surface area contributed by atoms with Gasteiger partial charge in [-0.3, -0.25) is 4.79 Å². The Kier molecular flexibility index (Phi) is 6.15. The topological polar surface area (TPSA) is 41.1 Å². The van der Waals surface area contributed by atoms with E-state index in [4.69, 9.17) is 0 Å². The fraction of sp³-hybridized carbons (Fsp3) is 0.500. The number of aryl methyl sites for hydroxylation is 1. The van der Waals surface area contributed by atoms with E-state index in [1.54, 1.807) is 0 Å². The first kappa shape index (κ1) is 13.6. The molecule has 0 radical (unpaired) electrons. The predicted molar refractivity (Wildman–Crippen MR) is 72.2 cm³/mol. The molecule has 0 atom stereocenters. The van der Waals surface area contributed by atoms with Gasteiger partial charge >= 0.3 is 0 Å². The molecule has 2 N–H and O–H groups in total. The number of unbranched alkanes of at least 4 members (excludes halogenated alkanes) is 1. The zero-order chi connectivity index (χ0) is 12.5. The van der Waals surface area contributed by atoms with E-state index < -0.39 is 0 Å². The highest BCUT2D eigenvalue weighted by molar-refractivity contribution is 5.80. The van der Waals surface area contributed by atoms with E-state index in [2.05, 4.69) is 36.6 Å². The van der Waals surface area contributed by atoms with Crippen molar-refractivity contribution >= 4 is 11.6 Å². The molecule has 1 aromatic rings. The van der Waals surface area contributed by atoms with Gasteiger partial charge in [0.25, 0.3) is 0 Å². The monoisotopic (exact) mass is 234 g/mol. The number of hydrogen-bond donors (Lipinski definition) is 2. The first-order chi connectivity index (χ1) is 8.26. The highest BCUT2D eigenvalue weighted by Crippen LogP contribution is 2.09. The molecule has 0 fully saturated rings. The lowest BCUT2D eigenvalue weighted by Gasteiger charge is -2.07. The number of benzene rings is 1. The van der Waals surface area contributed by atoms with Crippen LogP contribution in [0.25, 0.3) is 0 Å². The maximum Gasteiger partial charge on any atom is 0.239 e. The quantitative estimate of drug-likeness (QED) is 0.712. The fourth-order valence-corrected chi connectivity index (χ4v) is 1.51. The number of hydrogen-bond acceptors (Lipinski definition) is 2. The van der Waals surface area contributed by atoms with Gasteiger partial charge in [0.1, 0.15) is 0 Å². The first-order valence-electron chi connectivity index (χ1n) is 6.35. The molecule has 0 heterocycles. The summed E-state index contributed by atoms with van der Waals surface area (Å²) >= 11 is 0. The van der Waals surface area contributed by atoms with E-state index in [1.165, 1.54) is 5.56 Å².